The minimum Gasteiger partial charge on any atom is -0.307 e. The number of nitrogens with zero attached hydrogens (tertiary/aromatic N) is 4. The highest BCUT2D eigenvalue weighted by atomic mass is 19.2. The van der Waals surface area contributed by atoms with Crippen LogP contribution >= 0.6 is 0 Å². The van der Waals surface area contributed by atoms with Crippen LogP contribution in [0.1, 0.15) is 11.1 Å². The van der Waals surface area contributed by atoms with Crippen molar-refractivity contribution in [3.8, 4) is 56.6 Å². The Morgan fingerprint density at radius 3 is 1.01 bits per heavy atom. The SMILES string of the molecule is N#Cc1ccc(-c2cc(-c3ccccc3)cc(N(c3cccc(F)c3F)c3ccc4ccc5c(N(c6cc(-c7ccccc7)cc(-c7ccc(C#N)cc7)c6)c6cccc(F)c6F)ccc6ccc3c4c65)c2)cc1. The van der Waals surface area contributed by atoms with Crippen LogP contribution < -0.4 is 9.80 Å². The number of benzene rings is 12. The Morgan fingerprint density at radius 1 is 0.297 bits per heavy atom. The average Bonchev–Trinajstić information content (AvgIpc) is 3.46. The molecular weight excluding hydrogens is 925 g/mol. The summed E-state index contributed by atoms with van der Waals surface area (Å²) in [5.41, 5.74) is 9.91. The van der Waals surface area contributed by atoms with Gasteiger partial charge in [0.05, 0.1) is 46.0 Å². The molecule has 0 N–H and O–H groups in total. The fraction of sp³-hybridized carbons (Fsp3) is 0. The molecule has 350 valence electrons. The summed E-state index contributed by atoms with van der Waals surface area (Å²) >= 11 is 0. The van der Waals surface area contributed by atoms with Gasteiger partial charge in [-0.3, -0.25) is 0 Å². The van der Waals surface area contributed by atoms with Gasteiger partial charge in [0.2, 0.25) is 0 Å². The first-order chi connectivity index (χ1) is 36.2. The molecule has 74 heavy (non-hydrogen) atoms. The van der Waals surface area contributed by atoms with Crippen molar-refractivity contribution in [1.82, 2.24) is 0 Å². The third kappa shape index (κ3) is 7.98. The predicted molar refractivity (Wildman–Crippen MR) is 291 cm³/mol. The van der Waals surface area contributed by atoms with Crippen molar-refractivity contribution in [2.24, 2.45) is 0 Å². The first-order valence-corrected chi connectivity index (χ1v) is 23.9. The maximum atomic E-state index is 16.7. The Bertz CT molecular complexity index is 3930. The van der Waals surface area contributed by atoms with Crippen LogP contribution in [0.2, 0.25) is 0 Å². The lowest BCUT2D eigenvalue weighted by molar-refractivity contribution is 0.510. The van der Waals surface area contributed by atoms with E-state index in [1.54, 1.807) is 46.2 Å². The van der Waals surface area contributed by atoms with Crippen LogP contribution in [0.15, 0.2) is 231 Å². The lowest BCUT2D eigenvalue weighted by atomic mass is 9.91. The van der Waals surface area contributed by atoms with Gasteiger partial charge in [-0.2, -0.15) is 10.5 Å². The Labute approximate surface area is 424 Å². The molecule has 0 aliphatic heterocycles. The monoisotopic (exact) mass is 962 g/mol. The zero-order chi connectivity index (χ0) is 50.5. The highest BCUT2D eigenvalue weighted by Crippen LogP contribution is 2.50. The molecule has 0 atom stereocenters. The fourth-order valence-corrected chi connectivity index (χ4v) is 10.2. The number of nitriles is 2. The van der Waals surface area contributed by atoms with E-state index in [0.717, 1.165) is 89.0 Å². The Kier molecular flexibility index (Phi) is 11.4. The van der Waals surface area contributed by atoms with Gasteiger partial charge in [0, 0.05) is 22.1 Å². The molecule has 0 fully saturated rings. The van der Waals surface area contributed by atoms with Gasteiger partial charge in [-0.25, -0.2) is 17.6 Å². The molecule has 0 amide bonds. The van der Waals surface area contributed by atoms with Gasteiger partial charge in [-0.05, 0) is 163 Å². The third-order valence-corrected chi connectivity index (χ3v) is 13.7. The Morgan fingerprint density at radius 2 is 0.649 bits per heavy atom. The lowest BCUT2D eigenvalue weighted by Crippen LogP contribution is -2.14. The smallest absolute Gasteiger partial charge is 0.182 e. The van der Waals surface area contributed by atoms with E-state index in [4.69, 9.17) is 0 Å². The van der Waals surface area contributed by atoms with Gasteiger partial charge in [0.15, 0.2) is 23.3 Å². The lowest BCUT2D eigenvalue weighted by Gasteiger charge is -2.30. The summed E-state index contributed by atoms with van der Waals surface area (Å²) in [5, 5.41) is 24.1. The zero-order valence-electron chi connectivity index (χ0n) is 39.2. The van der Waals surface area contributed by atoms with Crippen molar-refractivity contribution in [3.63, 3.8) is 0 Å². The van der Waals surface area contributed by atoms with Gasteiger partial charge in [-0.15, -0.1) is 0 Å². The average molecular weight is 963 g/mol. The van der Waals surface area contributed by atoms with Gasteiger partial charge in [0.1, 0.15) is 0 Å². The second-order valence-electron chi connectivity index (χ2n) is 18.1. The first-order valence-electron chi connectivity index (χ1n) is 23.9. The number of halogens is 4. The highest BCUT2D eigenvalue weighted by molar-refractivity contribution is 6.28. The van der Waals surface area contributed by atoms with Crippen molar-refractivity contribution in [3.05, 3.63) is 265 Å². The van der Waals surface area contributed by atoms with Crippen LogP contribution in [0, 0.1) is 45.9 Å². The summed E-state index contributed by atoms with van der Waals surface area (Å²) in [6.07, 6.45) is 0. The maximum absolute atomic E-state index is 16.7. The van der Waals surface area contributed by atoms with Crippen LogP contribution in [0.3, 0.4) is 0 Å². The summed E-state index contributed by atoms with van der Waals surface area (Å²) in [6, 6.07) is 74.4. The Balaban J connectivity index is 1.12. The highest BCUT2D eigenvalue weighted by Gasteiger charge is 2.27. The van der Waals surface area contributed by atoms with E-state index in [1.165, 1.54) is 12.1 Å². The van der Waals surface area contributed by atoms with E-state index in [1.807, 2.05) is 170 Å². The van der Waals surface area contributed by atoms with Gasteiger partial charge in [0.25, 0.3) is 0 Å². The molecule has 0 unspecified atom stereocenters. The molecular formula is C66H38F4N4. The Hall–Kier alpha value is -10.0. The van der Waals surface area contributed by atoms with Crippen molar-refractivity contribution >= 4 is 66.4 Å². The van der Waals surface area contributed by atoms with Gasteiger partial charge >= 0.3 is 0 Å². The molecule has 0 heterocycles. The second kappa shape index (κ2) is 18.6. The zero-order valence-corrected chi connectivity index (χ0v) is 39.2. The molecule has 0 saturated carbocycles. The van der Waals surface area contributed by atoms with Crippen molar-refractivity contribution in [1.29, 1.82) is 10.5 Å². The fourth-order valence-electron chi connectivity index (χ4n) is 10.2. The number of rotatable bonds is 10. The minimum atomic E-state index is -1.03. The molecule has 0 aromatic heterocycles. The number of hydrogen-bond acceptors (Lipinski definition) is 4. The molecule has 0 aliphatic carbocycles. The number of hydrogen-bond donors (Lipinski definition) is 0. The predicted octanol–water partition coefficient (Wildman–Crippen LogP) is 18.5. The minimum absolute atomic E-state index is 0.0131. The molecule has 0 spiro atoms. The van der Waals surface area contributed by atoms with Crippen LogP contribution in [-0.2, 0) is 0 Å². The van der Waals surface area contributed by atoms with Crippen LogP contribution in [0.4, 0.5) is 51.7 Å². The summed E-state index contributed by atoms with van der Waals surface area (Å²) in [4.78, 5) is 3.50. The van der Waals surface area contributed by atoms with Gasteiger partial charge < -0.3 is 9.80 Å². The third-order valence-electron chi connectivity index (χ3n) is 13.7. The second-order valence-corrected chi connectivity index (χ2v) is 18.1. The molecule has 4 nitrogen and oxygen atoms in total. The summed E-state index contributed by atoms with van der Waals surface area (Å²) < 4.78 is 64.5. The van der Waals surface area contributed by atoms with Crippen molar-refractivity contribution < 1.29 is 17.6 Å². The first kappa shape index (κ1) is 45.1. The van der Waals surface area contributed by atoms with E-state index in [0.29, 0.717) is 33.9 Å². The number of anilines is 6. The van der Waals surface area contributed by atoms with E-state index in [-0.39, 0.29) is 11.4 Å². The quantitative estimate of drug-likeness (QED) is 0.101. The molecule has 0 saturated heterocycles. The van der Waals surface area contributed by atoms with Crippen LogP contribution in [0.25, 0.3) is 76.8 Å². The van der Waals surface area contributed by atoms with Crippen LogP contribution in [-0.4, -0.2) is 0 Å². The molecule has 0 radical (unpaired) electrons. The molecule has 12 aromatic carbocycles. The van der Waals surface area contributed by atoms with Crippen molar-refractivity contribution in [2.45, 2.75) is 0 Å². The van der Waals surface area contributed by atoms with Crippen LogP contribution in [0.5, 0.6) is 0 Å². The van der Waals surface area contributed by atoms with E-state index in [2.05, 4.69) is 12.1 Å². The normalized spacial score (nSPS) is 11.2. The van der Waals surface area contributed by atoms with E-state index >= 15 is 17.6 Å². The molecule has 0 aliphatic rings. The van der Waals surface area contributed by atoms with Crippen molar-refractivity contribution in [2.75, 3.05) is 9.80 Å². The topological polar surface area (TPSA) is 54.1 Å². The van der Waals surface area contributed by atoms with E-state index < -0.39 is 23.3 Å². The molecule has 12 aromatic rings. The summed E-state index contributed by atoms with van der Waals surface area (Å²) in [5.74, 6) is -4.08. The molecule has 8 heteroatoms. The largest absolute Gasteiger partial charge is 0.307 e. The molecule has 12 rings (SSSR count). The van der Waals surface area contributed by atoms with E-state index in [9.17, 15) is 10.5 Å². The van der Waals surface area contributed by atoms with Gasteiger partial charge in [-0.1, -0.05) is 133 Å². The summed E-state index contributed by atoms with van der Waals surface area (Å²) in [7, 11) is 0. The standard InChI is InChI=1S/C66H38F4N4/c67-57-13-7-15-61(65(57)69)73(53-35-49(43-9-3-1-4-10-43)33-51(37-53)45-21-17-41(39-71)18-22-45)59-31-27-47-26-30-56-60(32-28-48-25-29-55(59)63(47)64(48)56)74(62-16-8-14-58(68)66(62)70)54-36-50(44-11-5-2-6-12-44)34-52(38-54)46-23-19-42(40-72)20-24-46/h1-38H. The molecule has 0 bridgehead atoms. The summed E-state index contributed by atoms with van der Waals surface area (Å²) in [6.45, 7) is 0. The maximum Gasteiger partial charge on any atom is 0.182 e.